The van der Waals surface area contributed by atoms with Crippen molar-refractivity contribution in [3.05, 3.63) is 35.4 Å². The Labute approximate surface area is 169 Å². The first-order valence-corrected chi connectivity index (χ1v) is 10.3. The molecule has 0 fully saturated rings. The van der Waals surface area contributed by atoms with Gasteiger partial charge in [-0.2, -0.15) is 0 Å². The minimum absolute atomic E-state index is 0. The lowest BCUT2D eigenvalue weighted by Crippen LogP contribution is -2.39. The van der Waals surface area contributed by atoms with Crippen LogP contribution in [0, 0.1) is 6.92 Å². The Hall–Kier alpha value is -0.870. The lowest BCUT2D eigenvalue weighted by atomic mass is 10.1. The molecule has 8 heteroatoms. The van der Waals surface area contributed by atoms with Gasteiger partial charge in [0.2, 0.25) is 10.0 Å². The van der Waals surface area contributed by atoms with E-state index in [2.05, 4.69) is 58.5 Å². The molecule has 0 aromatic heterocycles. The number of guanidine groups is 1. The smallest absolute Gasteiger partial charge is 0.208 e. The summed E-state index contributed by atoms with van der Waals surface area (Å²) < 4.78 is 24.5. The number of nitrogens with one attached hydrogen (secondary N) is 3. The number of aryl methyl sites for hydroxylation is 1. The molecular weight excluding hydrogens is 451 g/mol. The molecule has 0 spiro atoms. The molecule has 0 amide bonds. The van der Waals surface area contributed by atoms with E-state index in [0.717, 1.165) is 30.9 Å². The number of halogens is 1. The Morgan fingerprint density at radius 3 is 2.20 bits per heavy atom. The normalized spacial score (nSPS) is 11.7. The highest BCUT2D eigenvalue weighted by Gasteiger charge is 2.01. The maximum atomic E-state index is 11.0. The molecule has 0 unspecified atom stereocenters. The van der Waals surface area contributed by atoms with Gasteiger partial charge in [-0.15, -0.1) is 24.0 Å². The van der Waals surface area contributed by atoms with Crippen molar-refractivity contribution in [2.24, 2.45) is 4.99 Å². The largest absolute Gasteiger partial charge is 0.356 e. The number of hydrogen-bond acceptors (Lipinski definition) is 3. The predicted molar refractivity (Wildman–Crippen MR) is 116 cm³/mol. The summed E-state index contributed by atoms with van der Waals surface area (Å²) in [4.78, 5) is 4.60. The van der Waals surface area contributed by atoms with Crippen LogP contribution in [0.1, 0.15) is 37.3 Å². The van der Waals surface area contributed by atoms with E-state index < -0.39 is 10.0 Å². The number of benzene rings is 1. The van der Waals surface area contributed by atoms with Crippen LogP contribution in [0.4, 0.5) is 0 Å². The van der Waals surface area contributed by atoms with Gasteiger partial charge in [0.25, 0.3) is 0 Å². The summed E-state index contributed by atoms with van der Waals surface area (Å²) in [5.74, 6) is 0.767. The molecule has 0 aliphatic carbocycles. The van der Waals surface area contributed by atoms with Gasteiger partial charge in [-0.3, -0.25) is 0 Å². The maximum Gasteiger partial charge on any atom is 0.208 e. The fourth-order valence-electron chi connectivity index (χ4n) is 1.97. The second-order valence-corrected chi connectivity index (χ2v) is 7.71. The van der Waals surface area contributed by atoms with Gasteiger partial charge in [-0.25, -0.2) is 18.1 Å². The third kappa shape index (κ3) is 13.1. The van der Waals surface area contributed by atoms with Crippen molar-refractivity contribution in [2.75, 3.05) is 25.9 Å². The summed E-state index contributed by atoms with van der Waals surface area (Å²) in [6.07, 6.45) is 4.07. The van der Waals surface area contributed by atoms with E-state index in [1.807, 2.05) is 0 Å². The molecule has 0 aliphatic rings. The number of rotatable bonds is 10. The molecule has 0 atom stereocenters. The van der Waals surface area contributed by atoms with E-state index in [0.29, 0.717) is 26.1 Å². The van der Waals surface area contributed by atoms with Crippen LogP contribution < -0.4 is 15.4 Å². The van der Waals surface area contributed by atoms with Crippen LogP contribution in [0.25, 0.3) is 0 Å². The topological polar surface area (TPSA) is 82.6 Å². The van der Waals surface area contributed by atoms with Crippen molar-refractivity contribution in [1.82, 2.24) is 15.4 Å². The van der Waals surface area contributed by atoms with E-state index in [9.17, 15) is 8.42 Å². The zero-order valence-corrected chi connectivity index (χ0v) is 18.5. The zero-order chi connectivity index (χ0) is 17.8. The molecule has 0 aliphatic heterocycles. The van der Waals surface area contributed by atoms with Crippen molar-refractivity contribution in [3.63, 3.8) is 0 Å². The highest BCUT2D eigenvalue weighted by atomic mass is 127. The molecule has 0 saturated carbocycles. The SMILES string of the molecule is CCCCNC(=NCc1ccc(C)cc1)NCCCNS(C)(=O)=O.I. The Morgan fingerprint density at radius 1 is 1.04 bits per heavy atom. The van der Waals surface area contributed by atoms with Crippen LogP contribution in [0.3, 0.4) is 0 Å². The maximum absolute atomic E-state index is 11.0. The molecule has 1 aromatic rings. The van der Waals surface area contributed by atoms with Crippen LogP contribution in [0.2, 0.25) is 0 Å². The zero-order valence-electron chi connectivity index (χ0n) is 15.3. The van der Waals surface area contributed by atoms with Crippen molar-refractivity contribution in [2.45, 2.75) is 39.7 Å². The average molecular weight is 482 g/mol. The highest BCUT2D eigenvalue weighted by Crippen LogP contribution is 2.04. The second-order valence-electron chi connectivity index (χ2n) is 5.88. The van der Waals surface area contributed by atoms with E-state index in [1.165, 1.54) is 11.8 Å². The Morgan fingerprint density at radius 2 is 1.64 bits per heavy atom. The monoisotopic (exact) mass is 482 g/mol. The van der Waals surface area contributed by atoms with Gasteiger partial charge < -0.3 is 10.6 Å². The van der Waals surface area contributed by atoms with Crippen molar-refractivity contribution in [3.8, 4) is 0 Å². The minimum atomic E-state index is -3.12. The molecule has 6 nitrogen and oxygen atoms in total. The van der Waals surface area contributed by atoms with Crippen molar-refractivity contribution in [1.29, 1.82) is 0 Å². The minimum Gasteiger partial charge on any atom is -0.356 e. The molecule has 3 N–H and O–H groups in total. The summed E-state index contributed by atoms with van der Waals surface area (Å²) in [5.41, 5.74) is 2.40. The van der Waals surface area contributed by atoms with E-state index >= 15 is 0 Å². The molecule has 144 valence electrons. The molecular formula is C17H31IN4O2S. The lowest BCUT2D eigenvalue weighted by molar-refractivity contribution is 0.584. The number of aliphatic imine (C=N–C) groups is 1. The summed E-state index contributed by atoms with van der Waals surface area (Å²) >= 11 is 0. The second kappa shape index (κ2) is 13.3. The Kier molecular flexibility index (Phi) is 12.9. The van der Waals surface area contributed by atoms with Gasteiger partial charge >= 0.3 is 0 Å². The van der Waals surface area contributed by atoms with E-state index in [4.69, 9.17) is 0 Å². The number of unbranched alkanes of at least 4 members (excludes halogenated alkanes) is 1. The molecule has 0 heterocycles. The summed E-state index contributed by atoms with van der Waals surface area (Å²) in [7, 11) is -3.12. The van der Waals surface area contributed by atoms with Crippen molar-refractivity contribution < 1.29 is 8.42 Å². The Bertz CT molecular complexity index is 604. The highest BCUT2D eigenvalue weighted by molar-refractivity contribution is 14.0. The molecule has 0 saturated heterocycles. The predicted octanol–water partition coefficient (Wildman–Crippen LogP) is 2.39. The third-order valence-electron chi connectivity index (χ3n) is 3.37. The number of nitrogens with zero attached hydrogens (tertiary/aromatic N) is 1. The number of sulfonamides is 1. The fourth-order valence-corrected chi connectivity index (χ4v) is 2.49. The van der Waals surface area contributed by atoms with E-state index in [-0.39, 0.29) is 24.0 Å². The van der Waals surface area contributed by atoms with Crippen LogP contribution in [0.5, 0.6) is 0 Å². The first-order valence-electron chi connectivity index (χ1n) is 8.43. The molecule has 0 bridgehead atoms. The first-order chi connectivity index (χ1) is 11.4. The quantitative estimate of drug-likeness (QED) is 0.207. The summed E-state index contributed by atoms with van der Waals surface area (Å²) in [6, 6.07) is 8.33. The van der Waals surface area contributed by atoms with Gasteiger partial charge in [0, 0.05) is 19.6 Å². The van der Waals surface area contributed by atoms with Gasteiger partial charge in [0.15, 0.2) is 5.96 Å². The standard InChI is InChI=1S/C17H30N4O2S.HI/c1-4-5-11-18-17(19-12-6-13-21-24(3,22)23)20-14-16-9-7-15(2)8-10-16;/h7-10,21H,4-6,11-14H2,1-3H3,(H2,18,19,20);1H. The van der Waals surface area contributed by atoms with Crippen molar-refractivity contribution >= 4 is 40.0 Å². The first kappa shape index (κ1) is 24.1. The van der Waals surface area contributed by atoms with Gasteiger partial charge in [0.05, 0.1) is 12.8 Å². The van der Waals surface area contributed by atoms with Gasteiger partial charge in [0.1, 0.15) is 0 Å². The average Bonchev–Trinajstić information content (AvgIpc) is 2.52. The van der Waals surface area contributed by atoms with Gasteiger partial charge in [-0.1, -0.05) is 43.2 Å². The molecule has 1 aromatic carbocycles. The van der Waals surface area contributed by atoms with E-state index in [1.54, 1.807) is 0 Å². The Balaban J connectivity index is 0.00000576. The summed E-state index contributed by atoms with van der Waals surface area (Å²) in [6.45, 7) is 6.79. The molecule has 0 radical (unpaired) electrons. The van der Waals surface area contributed by atoms with Gasteiger partial charge in [-0.05, 0) is 25.3 Å². The van der Waals surface area contributed by atoms with Crippen LogP contribution in [-0.2, 0) is 16.6 Å². The fraction of sp³-hybridized carbons (Fsp3) is 0.588. The molecule has 1 rings (SSSR count). The number of hydrogen-bond donors (Lipinski definition) is 3. The lowest BCUT2D eigenvalue weighted by Gasteiger charge is -2.12. The third-order valence-corrected chi connectivity index (χ3v) is 4.10. The van der Waals surface area contributed by atoms with Crippen LogP contribution in [-0.4, -0.2) is 40.3 Å². The van der Waals surface area contributed by atoms with Crippen LogP contribution in [0.15, 0.2) is 29.3 Å². The molecule has 25 heavy (non-hydrogen) atoms. The van der Waals surface area contributed by atoms with Crippen LogP contribution >= 0.6 is 24.0 Å². The summed E-state index contributed by atoms with van der Waals surface area (Å²) in [5, 5.41) is 6.56.